The Morgan fingerprint density at radius 3 is 1.36 bits per heavy atom. The third kappa shape index (κ3) is 1.95. The molecule has 2 aromatic heterocycles. The molecule has 0 unspecified atom stereocenters. The van der Waals surface area contributed by atoms with Crippen LogP contribution >= 0.6 is 0 Å². The molecule has 0 aliphatic carbocycles. The summed E-state index contributed by atoms with van der Waals surface area (Å²) in [6, 6.07) is 3.82. The van der Waals surface area contributed by atoms with Gasteiger partial charge in [0.15, 0.2) is 23.0 Å². The van der Waals surface area contributed by atoms with E-state index in [1.807, 2.05) is 12.1 Å². The third-order valence-corrected chi connectivity index (χ3v) is 3.56. The third-order valence-electron chi connectivity index (χ3n) is 3.56. The molecule has 0 spiro atoms. The van der Waals surface area contributed by atoms with E-state index in [4.69, 9.17) is 18.9 Å². The van der Waals surface area contributed by atoms with Crippen molar-refractivity contribution in [2.45, 2.75) is 0 Å². The van der Waals surface area contributed by atoms with Crippen molar-refractivity contribution in [2.75, 3.05) is 28.4 Å². The van der Waals surface area contributed by atoms with Crippen molar-refractivity contribution in [3.8, 4) is 23.0 Å². The Balaban J connectivity index is 2.42. The highest BCUT2D eigenvalue weighted by atomic mass is 16.5. The zero-order valence-electron chi connectivity index (χ0n) is 12.8. The lowest BCUT2D eigenvalue weighted by Gasteiger charge is -2.13. The quantitative estimate of drug-likeness (QED) is 0.690. The van der Waals surface area contributed by atoms with Gasteiger partial charge in [-0.05, 0) is 12.1 Å². The molecule has 0 aliphatic heterocycles. The standard InChI is InChI=1S/C16H16N2O4/c1-19-11-7-17-13-9(15(11)21-3)5-6-10-14(13)18-8-12(20-2)16(10)22-4/h5-8H,1-4H3. The average Bonchev–Trinajstić information content (AvgIpc) is 2.58. The molecule has 1 aromatic carbocycles. The number of rotatable bonds is 4. The fourth-order valence-electron chi connectivity index (χ4n) is 2.55. The molecule has 0 radical (unpaired) electrons. The molecule has 0 amide bonds. The summed E-state index contributed by atoms with van der Waals surface area (Å²) >= 11 is 0. The van der Waals surface area contributed by atoms with Crippen LogP contribution in [0.25, 0.3) is 21.8 Å². The predicted molar refractivity (Wildman–Crippen MR) is 83.3 cm³/mol. The van der Waals surface area contributed by atoms with E-state index < -0.39 is 0 Å². The van der Waals surface area contributed by atoms with E-state index in [9.17, 15) is 0 Å². The van der Waals surface area contributed by atoms with Crippen LogP contribution in [0.5, 0.6) is 23.0 Å². The summed E-state index contributed by atoms with van der Waals surface area (Å²) in [4.78, 5) is 8.91. The van der Waals surface area contributed by atoms with Crippen LogP contribution in [0.15, 0.2) is 24.5 Å². The van der Waals surface area contributed by atoms with Gasteiger partial charge in [-0.25, -0.2) is 9.97 Å². The van der Waals surface area contributed by atoms with Crippen LogP contribution < -0.4 is 18.9 Å². The second kappa shape index (κ2) is 5.55. The number of fused-ring (bicyclic) bond motifs is 3. The Kier molecular flexibility index (Phi) is 3.58. The molecule has 3 aromatic rings. The average molecular weight is 300 g/mol. The number of aromatic nitrogens is 2. The number of hydrogen-bond acceptors (Lipinski definition) is 6. The van der Waals surface area contributed by atoms with E-state index in [0.717, 1.165) is 21.8 Å². The van der Waals surface area contributed by atoms with Gasteiger partial charge < -0.3 is 18.9 Å². The van der Waals surface area contributed by atoms with Crippen molar-refractivity contribution in [2.24, 2.45) is 0 Å². The van der Waals surface area contributed by atoms with Crippen LogP contribution in [0.1, 0.15) is 0 Å². The Morgan fingerprint density at radius 2 is 1.05 bits per heavy atom. The van der Waals surface area contributed by atoms with Crippen molar-refractivity contribution in [1.82, 2.24) is 9.97 Å². The summed E-state index contributed by atoms with van der Waals surface area (Å²) in [7, 11) is 6.37. The molecular formula is C16H16N2O4. The maximum atomic E-state index is 5.45. The lowest BCUT2D eigenvalue weighted by atomic mass is 10.1. The van der Waals surface area contributed by atoms with E-state index in [1.165, 1.54) is 0 Å². The van der Waals surface area contributed by atoms with E-state index in [2.05, 4.69) is 9.97 Å². The van der Waals surface area contributed by atoms with E-state index in [1.54, 1.807) is 40.8 Å². The van der Waals surface area contributed by atoms with E-state index >= 15 is 0 Å². The van der Waals surface area contributed by atoms with Crippen LogP contribution in [0.2, 0.25) is 0 Å². The summed E-state index contributed by atoms with van der Waals surface area (Å²) in [5.41, 5.74) is 1.44. The van der Waals surface area contributed by atoms with Gasteiger partial charge >= 0.3 is 0 Å². The molecule has 0 saturated heterocycles. The minimum Gasteiger partial charge on any atom is -0.492 e. The molecule has 2 heterocycles. The highest BCUT2D eigenvalue weighted by Crippen LogP contribution is 2.40. The molecule has 0 atom stereocenters. The van der Waals surface area contributed by atoms with Gasteiger partial charge in [0.1, 0.15) is 11.0 Å². The zero-order valence-corrected chi connectivity index (χ0v) is 12.8. The SMILES string of the molecule is COc1cnc2c(ccc3c(OC)c(OC)cnc32)c1OC. The Morgan fingerprint density at radius 1 is 0.636 bits per heavy atom. The monoisotopic (exact) mass is 300 g/mol. The normalized spacial score (nSPS) is 10.7. The van der Waals surface area contributed by atoms with E-state index in [0.29, 0.717) is 23.0 Å². The first-order valence-corrected chi connectivity index (χ1v) is 6.65. The van der Waals surface area contributed by atoms with Gasteiger partial charge in [0.25, 0.3) is 0 Å². The number of pyridine rings is 2. The highest BCUT2D eigenvalue weighted by Gasteiger charge is 2.16. The Hall–Kier alpha value is -2.76. The lowest BCUT2D eigenvalue weighted by molar-refractivity contribution is 0.356. The molecule has 114 valence electrons. The van der Waals surface area contributed by atoms with Gasteiger partial charge in [0.05, 0.1) is 40.8 Å². The molecule has 0 fully saturated rings. The summed E-state index contributed by atoms with van der Waals surface area (Å²) in [5, 5.41) is 1.66. The molecule has 0 N–H and O–H groups in total. The molecule has 0 saturated carbocycles. The summed E-state index contributed by atoms with van der Waals surface area (Å²) in [6.45, 7) is 0. The number of benzene rings is 1. The summed E-state index contributed by atoms with van der Waals surface area (Å²) in [6.07, 6.45) is 3.25. The van der Waals surface area contributed by atoms with Gasteiger partial charge in [0, 0.05) is 10.8 Å². The van der Waals surface area contributed by atoms with Crippen LogP contribution in [0.3, 0.4) is 0 Å². The molecule has 0 bridgehead atoms. The summed E-state index contributed by atoms with van der Waals surface area (Å²) in [5.74, 6) is 2.42. The van der Waals surface area contributed by atoms with Gasteiger partial charge in [-0.15, -0.1) is 0 Å². The number of nitrogens with zero attached hydrogens (tertiary/aromatic N) is 2. The van der Waals surface area contributed by atoms with Gasteiger partial charge in [0.2, 0.25) is 0 Å². The molecule has 22 heavy (non-hydrogen) atoms. The largest absolute Gasteiger partial charge is 0.492 e. The second-order valence-electron chi connectivity index (χ2n) is 4.58. The van der Waals surface area contributed by atoms with E-state index in [-0.39, 0.29) is 0 Å². The van der Waals surface area contributed by atoms with Crippen molar-refractivity contribution in [1.29, 1.82) is 0 Å². The Labute approximate surface area is 127 Å². The summed E-state index contributed by atoms with van der Waals surface area (Å²) < 4.78 is 21.5. The fourth-order valence-corrected chi connectivity index (χ4v) is 2.55. The molecule has 6 nitrogen and oxygen atoms in total. The van der Waals surface area contributed by atoms with Gasteiger partial charge in [-0.3, -0.25) is 0 Å². The van der Waals surface area contributed by atoms with Crippen molar-refractivity contribution in [3.05, 3.63) is 24.5 Å². The maximum Gasteiger partial charge on any atom is 0.179 e. The number of ether oxygens (including phenoxy) is 4. The molecule has 3 rings (SSSR count). The number of methoxy groups -OCH3 is 4. The first-order chi connectivity index (χ1) is 10.7. The van der Waals surface area contributed by atoms with Crippen LogP contribution in [0, 0.1) is 0 Å². The number of hydrogen-bond donors (Lipinski definition) is 0. The first-order valence-electron chi connectivity index (χ1n) is 6.65. The first kappa shape index (κ1) is 14.2. The lowest BCUT2D eigenvalue weighted by Crippen LogP contribution is -1.97. The van der Waals surface area contributed by atoms with Crippen LogP contribution in [0.4, 0.5) is 0 Å². The van der Waals surface area contributed by atoms with Gasteiger partial charge in [-0.1, -0.05) is 0 Å². The van der Waals surface area contributed by atoms with Gasteiger partial charge in [-0.2, -0.15) is 0 Å². The Bertz CT molecular complexity index is 778. The van der Waals surface area contributed by atoms with Crippen molar-refractivity contribution >= 4 is 21.8 Å². The van der Waals surface area contributed by atoms with Crippen LogP contribution in [-0.2, 0) is 0 Å². The van der Waals surface area contributed by atoms with Crippen molar-refractivity contribution in [3.63, 3.8) is 0 Å². The van der Waals surface area contributed by atoms with Crippen LogP contribution in [-0.4, -0.2) is 38.4 Å². The second-order valence-corrected chi connectivity index (χ2v) is 4.58. The topological polar surface area (TPSA) is 62.7 Å². The molecular weight excluding hydrogens is 284 g/mol. The smallest absolute Gasteiger partial charge is 0.179 e. The minimum absolute atomic E-state index is 0.579. The van der Waals surface area contributed by atoms with Crippen molar-refractivity contribution < 1.29 is 18.9 Å². The molecule has 6 heteroatoms. The fraction of sp³-hybridized carbons (Fsp3) is 0.250. The predicted octanol–water partition coefficient (Wildman–Crippen LogP) is 2.82. The zero-order chi connectivity index (χ0) is 15.7. The minimum atomic E-state index is 0.579. The molecule has 0 aliphatic rings. The maximum absolute atomic E-state index is 5.45. The highest BCUT2D eigenvalue weighted by molar-refractivity contribution is 6.08.